The Morgan fingerprint density at radius 3 is 2.60 bits per heavy atom. The van der Waals surface area contributed by atoms with E-state index in [1.165, 1.54) is 4.31 Å². The number of benzene rings is 1. The second-order valence-electron chi connectivity index (χ2n) is 4.77. The van der Waals surface area contributed by atoms with E-state index in [0.717, 1.165) is 18.2 Å². The Hall–Kier alpha value is -1.56. The molecule has 0 aliphatic heterocycles. The number of hydrogen-bond acceptors (Lipinski definition) is 3. The lowest BCUT2D eigenvalue weighted by atomic mass is 10.2. The molecule has 1 rings (SSSR count). The second-order valence-corrected chi connectivity index (χ2v) is 6.68. The lowest BCUT2D eigenvalue weighted by Crippen LogP contribution is -2.34. The number of anilines is 1. The molecule has 0 aliphatic carbocycles. The van der Waals surface area contributed by atoms with Crippen molar-refractivity contribution in [3.8, 4) is 0 Å². The maximum atomic E-state index is 11.9. The van der Waals surface area contributed by atoms with Gasteiger partial charge in [0.25, 0.3) is 0 Å². The summed E-state index contributed by atoms with van der Waals surface area (Å²) in [7, 11) is -3.40. The zero-order valence-electron chi connectivity index (χ0n) is 12.2. The number of carbonyl (C=O) groups is 1. The zero-order valence-corrected chi connectivity index (χ0v) is 13.0. The zero-order chi connectivity index (χ0) is 15.2. The number of sulfonamides is 1. The lowest BCUT2D eigenvalue weighted by Gasteiger charge is -2.22. The second kappa shape index (κ2) is 7.28. The molecule has 0 spiro atoms. The molecule has 1 aromatic rings. The summed E-state index contributed by atoms with van der Waals surface area (Å²) in [5, 5.41) is 2.74. The van der Waals surface area contributed by atoms with E-state index in [9.17, 15) is 13.2 Å². The highest BCUT2D eigenvalue weighted by atomic mass is 32.2. The highest BCUT2D eigenvalue weighted by molar-refractivity contribution is 7.92. The van der Waals surface area contributed by atoms with Crippen molar-refractivity contribution in [3.63, 3.8) is 0 Å². The van der Waals surface area contributed by atoms with E-state index in [2.05, 4.69) is 5.32 Å². The lowest BCUT2D eigenvalue weighted by molar-refractivity contribution is -0.120. The van der Waals surface area contributed by atoms with Gasteiger partial charge in [0, 0.05) is 19.5 Å². The summed E-state index contributed by atoms with van der Waals surface area (Å²) in [6.45, 7) is 4.63. The van der Waals surface area contributed by atoms with Crippen molar-refractivity contribution >= 4 is 21.6 Å². The Morgan fingerprint density at radius 1 is 1.35 bits per heavy atom. The predicted octanol–water partition coefficient (Wildman–Crippen LogP) is 1.68. The van der Waals surface area contributed by atoms with Crippen LogP contribution in [-0.4, -0.2) is 33.7 Å². The number of hydrogen-bond donors (Lipinski definition) is 1. The first kappa shape index (κ1) is 16.5. The molecule has 0 fully saturated rings. The minimum absolute atomic E-state index is 0.131. The Bertz CT molecular complexity index is 555. The van der Waals surface area contributed by atoms with E-state index < -0.39 is 10.0 Å². The van der Waals surface area contributed by atoms with E-state index in [1.807, 2.05) is 19.9 Å². The Balaban J connectivity index is 2.80. The Labute approximate surface area is 121 Å². The third-order valence-electron chi connectivity index (χ3n) is 2.80. The summed E-state index contributed by atoms with van der Waals surface area (Å²) in [5.74, 6) is -0.131. The minimum atomic E-state index is -3.40. The van der Waals surface area contributed by atoms with Crippen molar-refractivity contribution < 1.29 is 13.2 Å². The van der Waals surface area contributed by atoms with Gasteiger partial charge in [-0.05, 0) is 31.0 Å². The van der Waals surface area contributed by atoms with E-state index >= 15 is 0 Å². The fourth-order valence-electron chi connectivity index (χ4n) is 1.83. The molecule has 0 saturated carbocycles. The summed E-state index contributed by atoms with van der Waals surface area (Å²) >= 11 is 0. The Kier molecular flexibility index (Phi) is 6.01. The van der Waals surface area contributed by atoms with Gasteiger partial charge >= 0.3 is 0 Å². The first-order chi connectivity index (χ1) is 9.34. The van der Waals surface area contributed by atoms with Crippen molar-refractivity contribution in [2.75, 3.05) is 23.7 Å². The molecule has 1 aromatic carbocycles. The van der Waals surface area contributed by atoms with Crippen LogP contribution in [0.2, 0.25) is 0 Å². The molecule has 0 heterocycles. The third kappa shape index (κ3) is 5.21. The van der Waals surface area contributed by atoms with Crippen LogP contribution in [0, 0.1) is 6.92 Å². The van der Waals surface area contributed by atoms with Crippen molar-refractivity contribution in [1.29, 1.82) is 0 Å². The number of carbonyl (C=O) groups excluding carboxylic acids is 1. The number of nitrogens with zero attached hydrogens (tertiary/aromatic N) is 1. The monoisotopic (exact) mass is 298 g/mol. The molecule has 0 aromatic heterocycles. The van der Waals surface area contributed by atoms with Gasteiger partial charge in [0.05, 0.1) is 11.9 Å². The number of amides is 1. The van der Waals surface area contributed by atoms with Gasteiger partial charge in [0.15, 0.2) is 0 Å². The molecule has 20 heavy (non-hydrogen) atoms. The fraction of sp³-hybridized carbons (Fsp3) is 0.500. The molecule has 1 N–H and O–H groups in total. The number of aryl methyl sites for hydroxylation is 1. The summed E-state index contributed by atoms with van der Waals surface area (Å²) < 4.78 is 25.0. The minimum Gasteiger partial charge on any atom is -0.356 e. The quantitative estimate of drug-likeness (QED) is 0.833. The van der Waals surface area contributed by atoms with Crippen LogP contribution in [0.5, 0.6) is 0 Å². The highest BCUT2D eigenvalue weighted by Gasteiger charge is 2.18. The Morgan fingerprint density at radius 2 is 2.05 bits per heavy atom. The van der Waals surface area contributed by atoms with Crippen molar-refractivity contribution in [3.05, 3.63) is 29.8 Å². The summed E-state index contributed by atoms with van der Waals surface area (Å²) in [5.41, 5.74) is 1.57. The van der Waals surface area contributed by atoms with Gasteiger partial charge in [-0.2, -0.15) is 0 Å². The fourth-order valence-corrected chi connectivity index (χ4v) is 2.74. The van der Waals surface area contributed by atoms with Gasteiger partial charge in [-0.1, -0.05) is 19.1 Å². The maximum absolute atomic E-state index is 11.9. The van der Waals surface area contributed by atoms with Crippen LogP contribution in [0.15, 0.2) is 24.3 Å². The van der Waals surface area contributed by atoms with Gasteiger partial charge in [-0.25, -0.2) is 8.42 Å². The molecule has 0 radical (unpaired) electrons. The van der Waals surface area contributed by atoms with Gasteiger partial charge < -0.3 is 5.32 Å². The number of rotatable bonds is 7. The van der Waals surface area contributed by atoms with Gasteiger partial charge in [-0.15, -0.1) is 0 Å². The molecule has 5 nitrogen and oxygen atoms in total. The van der Waals surface area contributed by atoms with Crippen LogP contribution in [0.3, 0.4) is 0 Å². The SMILES string of the molecule is CCCNC(=O)CCN(c1cccc(C)c1)S(C)(=O)=O. The first-order valence-corrected chi connectivity index (χ1v) is 8.50. The summed E-state index contributed by atoms with van der Waals surface area (Å²) in [6, 6.07) is 7.24. The van der Waals surface area contributed by atoms with Crippen molar-refractivity contribution in [2.24, 2.45) is 0 Å². The molecule has 0 aliphatic rings. The molecular weight excluding hydrogens is 276 g/mol. The molecule has 0 unspecified atom stereocenters. The van der Waals surface area contributed by atoms with E-state index in [-0.39, 0.29) is 18.9 Å². The topological polar surface area (TPSA) is 66.5 Å². The van der Waals surface area contributed by atoms with Gasteiger partial charge in [0.2, 0.25) is 15.9 Å². The van der Waals surface area contributed by atoms with Crippen molar-refractivity contribution in [2.45, 2.75) is 26.7 Å². The normalized spacial score (nSPS) is 11.2. The van der Waals surface area contributed by atoms with E-state index in [1.54, 1.807) is 18.2 Å². The molecule has 1 amide bonds. The van der Waals surface area contributed by atoms with Crippen LogP contribution >= 0.6 is 0 Å². The molecule has 6 heteroatoms. The molecule has 0 atom stereocenters. The van der Waals surface area contributed by atoms with Crippen LogP contribution in [0.1, 0.15) is 25.3 Å². The first-order valence-electron chi connectivity index (χ1n) is 6.65. The van der Waals surface area contributed by atoms with E-state index in [0.29, 0.717) is 12.2 Å². The van der Waals surface area contributed by atoms with Gasteiger partial charge in [-0.3, -0.25) is 9.10 Å². The molecule has 0 bridgehead atoms. The summed E-state index contributed by atoms with van der Waals surface area (Å²) in [6.07, 6.45) is 2.17. The maximum Gasteiger partial charge on any atom is 0.232 e. The third-order valence-corrected chi connectivity index (χ3v) is 4.00. The average molecular weight is 298 g/mol. The van der Waals surface area contributed by atoms with Crippen LogP contribution in [-0.2, 0) is 14.8 Å². The van der Waals surface area contributed by atoms with Crippen LogP contribution in [0.4, 0.5) is 5.69 Å². The average Bonchev–Trinajstić information content (AvgIpc) is 2.35. The largest absolute Gasteiger partial charge is 0.356 e. The smallest absolute Gasteiger partial charge is 0.232 e. The predicted molar refractivity (Wildman–Crippen MR) is 81.3 cm³/mol. The highest BCUT2D eigenvalue weighted by Crippen LogP contribution is 2.19. The van der Waals surface area contributed by atoms with Crippen LogP contribution in [0.25, 0.3) is 0 Å². The van der Waals surface area contributed by atoms with Crippen LogP contribution < -0.4 is 9.62 Å². The number of nitrogens with one attached hydrogen (secondary N) is 1. The summed E-state index contributed by atoms with van der Waals surface area (Å²) in [4.78, 5) is 11.6. The molecular formula is C14H22N2O3S. The van der Waals surface area contributed by atoms with Crippen molar-refractivity contribution in [1.82, 2.24) is 5.32 Å². The van der Waals surface area contributed by atoms with Gasteiger partial charge in [0.1, 0.15) is 0 Å². The van der Waals surface area contributed by atoms with E-state index in [4.69, 9.17) is 0 Å². The molecule has 0 saturated heterocycles. The molecule has 112 valence electrons. The standard InChI is InChI=1S/C14H22N2O3S/c1-4-9-15-14(17)8-10-16(20(3,18)19)13-7-5-6-12(2)11-13/h5-7,11H,4,8-10H2,1-3H3,(H,15,17).